The number of rotatable bonds is 7. The minimum atomic E-state index is -0.799. The summed E-state index contributed by atoms with van der Waals surface area (Å²) in [6.45, 7) is -0.934. The molecule has 9 heteroatoms. The van der Waals surface area contributed by atoms with Gasteiger partial charge in [0.05, 0.1) is 4.92 Å². The van der Waals surface area contributed by atoms with Gasteiger partial charge in [-0.1, -0.05) is 24.3 Å². The first kappa shape index (κ1) is 18.8. The number of nitro benzene ring substituents is 1. The summed E-state index contributed by atoms with van der Waals surface area (Å²) >= 11 is 0. The van der Waals surface area contributed by atoms with E-state index in [1.807, 2.05) is 12.1 Å². The Balaban J connectivity index is 1.52. The van der Waals surface area contributed by atoms with Crippen LogP contribution in [0, 0.1) is 10.1 Å². The maximum Gasteiger partial charge on any atom is 0.325 e. The Morgan fingerprint density at radius 2 is 1.89 bits per heavy atom. The fraction of sp³-hybridized carbons (Fsp3) is 0.105. The molecule has 3 aromatic rings. The van der Waals surface area contributed by atoms with Crippen LogP contribution in [0.5, 0.6) is 0 Å². The summed E-state index contributed by atoms with van der Waals surface area (Å²) in [5, 5.41) is 13.8. The van der Waals surface area contributed by atoms with Crippen molar-refractivity contribution in [2.45, 2.75) is 0 Å². The molecule has 1 amide bonds. The number of Topliss-reactive ketones (excluding diaryl/α,β-unsaturated/α-hetero) is 1. The molecule has 1 aromatic heterocycles. The average molecular weight is 381 g/mol. The summed E-state index contributed by atoms with van der Waals surface area (Å²) in [7, 11) is 0. The number of hydrogen-bond acceptors (Lipinski definition) is 6. The highest BCUT2D eigenvalue weighted by Crippen LogP contribution is 2.18. The quantitative estimate of drug-likeness (QED) is 0.279. The van der Waals surface area contributed by atoms with Crippen LogP contribution in [0.3, 0.4) is 0 Å². The van der Waals surface area contributed by atoms with E-state index in [0.717, 1.165) is 17.0 Å². The van der Waals surface area contributed by atoms with E-state index in [2.05, 4.69) is 10.3 Å². The zero-order chi connectivity index (χ0) is 20.1. The monoisotopic (exact) mass is 381 g/mol. The minimum Gasteiger partial charge on any atom is -0.456 e. The largest absolute Gasteiger partial charge is 0.456 e. The van der Waals surface area contributed by atoms with Crippen LogP contribution in [0.1, 0.15) is 20.7 Å². The Labute approximate surface area is 158 Å². The van der Waals surface area contributed by atoms with Crippen molar-refractivity contribution in [3.05, 3.63) is 76.0 Å². The number of amides is 1. The minimum absolute atomic E-state index is 0.0388. The van der Waals surface area contributed by atoms with Gasteiger partial charge in [0.25, 0.3) is 11.6 Å². The van der Waals surface area contributed by atoms with Crippen molar-refractivity contribution in [1.29, 1.82) is 0 Å². The van der Waals surface area contributed by atoms with E-state index in [-0.39, 0.29) is 17.0 Å². The van der Waals surface area contributed by atoms with Gasteiger partial charge in [-0.15, -0.1) is 0 Å². The third-order valence-electron chi connectivity index (χ3n) is 3.97. The molecule has 0 saturated heterocycles. The molecule has 1 heterocycles. The van der Waals surface area contributed by atoms with Gasteiger partial charge in [0.2, 0.25) is 5.78 Å². The number of hydrogen-bond donors (Lipinski definition) is 2. The Kier molecular flexibility index (Phi) is 5.45. The number of esters is 1. The lowest BCUT2D eigenvalue weighted by atomic mass is 10.1. The second-order valence-electron chi connectivity index (χ2n) is 5.82. The maximum atomic E-state index is 12.2. The predicted octanol–water partition coefficient (Wildman–Crippen LogP) is 2.23. The van der Waals surface area contributed by atoms with Gasteiger partial charge in [0.15, 0.2) is 6.61 Å². The highest BCUT2D eigenvalue weighted by molar-refractivity contribution is 6.08. The summed E-state index contributed by atoms with van der Waals surface area (Å²) in [5.41, 5.74) is 1.00. The third-order valence-corrected chi connectivity index (χ3v) is 3.97. The number of fused-ring (bicyclic) bond motifs is 1. The van der Waals surface area contributed by atoms with Crippen molar-refractivity contribution in [3.8, 4) is 0 Å². The van der Waals surface area contributed by atoms with Gasteiger partial charge in [0.1, 0.15) is 6.54 Å². The zero-order valence-corrected chi connectivity index (χ0v) is 14.5. The molecule has 0 aliphatic heterocycles. The topological polar surface area (TPSA) is 131 Å². The molecular weight excluding hydrogens is 366 g/mol. The lowest BCUT2D eigenvalue weighted by molar-refractivity contribution is -0.384. The van der Waals surface area contributed by atoms with Crippen LogP contribution in [0.4, 0.5) is 5.69 Å². The number of carbonyl (C=O) groups excluding carboxylic acids is 3. The van der Waals surface area contributed by atoms with Crippen molar-refractivity contribution in [2.75, 3.05) is 13.2 Å². The fourth-order valence-electron chi connectivity index (χ4n) is 2.59. The molecule has 0 unspecified atom stereocenters. The number of carbonyl (C=O) groups is 3. The molecule has 0 saturated carbocycles. The third kappa shape index (κ3) is 4.21. The number of aromatic nitrogens is 1. The van der Waals surface area contributed by atoms with E-state index in [4.69, 9.17) is 4.74 Å². The van der Waals surface area contributed by atoms with Gasteiger partial charge in [-0.3, -0.25) is 24.5 Å². The van der Waals surface area contributed by atoms with Crippen molar-refractivity contribution in [1.82, 2.24) is 10.3 Å². The number of ether oxygens (including phenoxy) is 1. The van der Waals surface area contributed by atoms with E-state index in [1.54, 1.807) is 18.3 Å². The Morgan fingerprint density at radius 1 is 1.11 bits per heavy atom. The van der Waals surface area contributed by atoms with Gasteiger partial charge >= 0.3 is 5.97 Å². The lowest BCUT2D eigenvalue weighted by Crippen LogP contribution is -2.31. The second kappa shape index (κ2) is 8.12. The van der Waals surface area contributed by atoms with E-state index < -0.39 is 30.0 Å². The van der Waals surface area contributed by atoms with E-state index in [0.29, 0.717) is 5.56 Å². The first-order chi connectivity index (χ1) is 13.5. The molecular formula is C19H15N3O6. The molecule has 142 valence electrons. The van der Waals surface area contributed by atoms with Crippen LogP contribution < -0.4 is 5.32 Å². The highest BCUT2D eigenvalue weighted by Gasteiger charge is 2.16. The molecule has 0 atom stereocenters. The van der Waals surface area contributed by atoms with Crippen LogP contribution in [-0.2, 0) is 9.53 Å². The smallest absolute Gasteiger partial charge is 0.325 e. The fourth-order valence-corrected chi connectivity index (χ4v) is 2.59. The van der Waals surface area contributed by atoms with Crippen LogP contribution >= 0.6 is 0 Å². The van der Waals surface area contributed by atoms with Crippen molar-refractivity contribution < 1.29 is 24.0 Å². The maximum absolute atomic E-state index is 12.2. The van der Waals surface area contributed by atoms with E-state index >= 15 is 0 Å². The molecule has 0 radical (unpaired) electrons. The van der Waals surface area contributed by atoms with Crippen LogP contribution in [0.25, 0.3) is 10.9 Å². The zero-order valence-electron chi connectivity index (χ0n) is 14.5. The van der Waals surface area contributed by atoms with Crippen LogP contribution in [0.2, 0.25) is 0 Å². The van der Waals surface area contributed by atoms with Gasteiger partial charge < -0.3 is 15.0 Å². The van der Waals surface area contributed by atoms with Gasteiger partial charge in [-0.2, -0.15) is 0 Å². The molecule has 0 fully saturated rings. The molecule has 2 N–H and O–H groups in total. The first-order valence-electron chi connectivity index (χ1n) is 8.23. The highest BCUT2D eigenvalue weighted by atomic mass is 16.6. The molecule has 28 heavy (non-hydrogen) atoms. The number of nitro groups is 1. The summed E-state index contributed by atoms with van der Waals surface area (Å²) in [5.74, 6) is -1.84. The predicted molar refractivity (Wildman–Crippen MR) is 99.0 cm³/mol. The van der Waals surface area contributed by atoms with Gasteiger partial charge in [-0.25, -0.2) is 0 Å². The normalized spacial score (nSPS) is 10.4. The number of aromatic amines is 1. The number of benzene rings is 2. The van der Waals surface area contributed by atoms with Crippen molar-refractivity contribution >= 4 is 34.3 Å². The second-order valence-corrected chi connectivity index (χ2v) is 5.82. The molecule has 2 aromatic carbocycles. The van der Waals surface area contributed by atoms with Crippen molar-refractivity contribution in [3.63, 3.8) is 0 Å². The molecule has 0 aliphatic rings. The number of non-ortho nitro benzene ring substituents is 1. The first-order valence-corrected chi connectivity index (χ1v) is 8.23. The number of H-pyrrole nitrogens is 1. The number of para-hydroxylation sites is 1. The summed E-state index contributed by atoms with van der Waals surface area (Å²) in [4.78, 5) is 49.1. The van der Waals surface area contributed by atoms with Crippen molar-refractivity contribution in [2.24, 2.45) is 0 Å². The SMILES string of the molecule is O=C(CNC(=O)c1cccc([N+](=O)[O-])c1)OCC(=O)c1c[nH]c2ccccc12. The Morgan fingerprint density at radius 3 is 2.68 bits per heavy atom. The van der Waals surface area contributed by atoms with Crippen LogP contribution in [0.15, 0.2) is 54.7 Å². The number of nitrogens with one attached hydrogen (secondary N) is 2. The molecule has 0 bridgehead atoms. The molecule has 0 spiro atoms. The molecule has 0 aliphatic carbocycles. The molecule has 9 nitrogen and oxygen atoms in total. The van der Waals surface area contributed by atoms with E-state index in [9.17, 15) is 24.5 Å². The lowest BCUT2D eigenvalue weighted by Gasteiger charge is -2.06. The van der Waals surface area contributed by atoms with Gasteiger partial charge in [0, 0.05) is 40.4 Å². The Bertz CT molecular complexity index is 1070. The molecule has 3 rings (SSSR count). The summed E-state index contributed by atoms with van der Waals surface area (Å²) in [6.07, 6.45) is 1.55. The number of ketones is 1. The summed E-state index contributed by atoms with van der Waals surface area (Å²) in [6, 6.07) is 12.3. The average Bonchev–Trinajstić information content (AvgIpc) is 3.14. The van der Waals surface area contributed by atoms with Crippen LogP contribution in [-0.4, -0.2) is 40.7 Å². The summed E-state index contributed by atoms with van der Waals surface area (Å²) < 4.78 is 4.90. The number of nitrogens with zero attached hydrogens (tertiary/aromatic N) is 1. The van der Waals surface area contributed by atoms with Gasteiger partial charge in [-0.05, 0) is 12.1 Å². The van der Waals surface area contributed by atoms with E-state index in [1.165, 1.54) is 18.2 Å². The Hall–Kier alpha value is -4.01. The standard InChI is InChI=1S/C19H15N3O6/c23-17(15-9-20-16-7-2-1-6-14(15)16)11-28-18(24)10-21-19(25)12-4-3-5-13(8-12)22(26)27/h1-9,20H,10-11H2,(H,21,25).